The number of piperidine rings is 1. The van der Waals surface area contributed by atoms with Crippen molar-refractivity contribution in [2.24, 2.45) is 5.92 Å². The molecule has 6 nitrogen and oxygen atoms in total. The van der Waals surface area contributed by atoms with Crippen LogP contribution < -0.4 is 5.32 Å². The summed E-state index contributed by atoms with van der Waals surface area (Å²) in [7, 11) is 0. The lowest BCUT2D eigenvalue weighted by Gasteiger charge is -2.30. The number of unbranched alkanes of at least 4 members (excludes halogenated alkanes) is 2. The van der Waals surface area contributed by atoms with Gasteiger partial charge in [-0.1, -0.05) is 19.8 Å². The Bertz CT molecular complexity index is 460. The number of carbonyl (C=O) groups is 2. The van der Waals surface area contributed by atoms with E-state index >= 15 is 0 Å². The van der Waals surface area contributed by atoms with Gasteiger partial charge in [-0.15, -0.1) is 0 Å². The van der Waals surface area contributed by atoms with Gasteiger partial charge in [-0.3, -0.25) is 9.59 Å². The first kappa shape index (κ1) is 19.0. The molecule has 0 radical (unpaired) electrons. The second-order valence-electron chi connectivity index (χ2n) is 5.65. The molecule has 1 aliphatic heterocycles. The maximum Gasteiger partial charge on any atom is 0.309 e. The molecule has 0 aliphatic carbocycles. The number of rotatable bonds is 8. The SMILES string of the molecule is CCCCCN/C=C(/C#N)C(=O)N1CCC(C(=O)OCC)CC1. The number of ether oxygens (including phenoxy) is 1. The molecule has 1 saturated heterocycles. The zero-order valence-corrected chi connectivity index (χ0v) is 14.1. The van der Waals surface area contributed by atoms with Gasteiger partial charge in [-0.25, -0.2) is 0 Å². The van der Waals surface area contributed by atoms with E-state index in [1.54, 1.807) is 11.8 Å². The van der Waals surface area contributed by atoms with E-state index in [0.29, 0.717) is 32.5 Å². The lowest BCUT2D eigenvalue weighted by Crippen LogP contribution is -2.41. The second kappa shape index (κ2) is 10.7. The van der Waals surface area contributed by atoms with Crippen LogP contribution in [0.4, 0.5) is 0 Å². The first-order chi connectivity index (χ1) is 11.1. The number of amides is 1. The molecule has 0 atom stereocenters. The standard InChI is InChI=1S/C17H27N3O3/c1-3-5-6-9-19-13-15(12-18)16(21)20-10-7-14(8-11-20)17(22)23-4-2/h13-14,19H,3-11H2,1-2H3/b15-13-. The normalized spacial score (nSPS) is 15.9. The summed E-state index contributed by atoms with van der Waals surface area (Å²) in [6.45, 7) is 6.02. The molecule has 0 aromatic rings. The number of hydrogen-bond donors (Lipinski definition) is 1. The van der Waals surface area contributed by atoms with Crippen LogP contribution in [0.1, 0.15) is 46.0 Å². The molecule has 0 unspecified atom stereocenters. The number of hydrogen-bond acceptors (Lipinski definition) is 5. The molecule has 0 spiro atoms. The van der Waals surface area contributed by atoms with Gasteiger partial charge in [0, 0.05) is 25.8 Å². The molecule has 0 saturated carbocycles. The highest BCUT2D eigenvalue weighted by atomic mass is 16.5. The Balaban J connectivity index is 2.46. The largest absolute Gasteiger partial charge is 0.466 e. The molecule has 1 rings (SSSR count). The minimum atomic E-state index is -0.266. The summed E-state index contributed by atoms with van der Waals surface area (Å²) in [5, 5.41) is 12.2. The Morgan fingerprint density at radius 2 is 2.00 bits per heavy atom. The van der Waals surface area contributed by atoms with Crippen LogP contribution in [0.15, 0.2) is 11.8 Å². The van der Waals surface area contributed by atoms with Crippen molar-refractivity contribution >= 4 is 11.9 Å². The van der Waals surface area contributed by atoms with E-state index in [0.717, 1.165) is 25.8 Å². The molecule has 0 aromatic carbocycles. The summed E-state index contributed by atoms with van der Waals surface area (Å²) in [6, 6.07) is 1.96. The third-order valence-electron chi connectivity index (χ3n) is 3.92. The van der Waals surface area contributed by atoms with Crippen LogP contribution in [0, 0.1) is 17.2 Å². The number of nitrogens with one attached hydrogen (secondary N) is 1. The quantitative estimate of drug-likeness (QED) is 0.320. The Kier molecular flexibility index (Phi) is 8.81. The highest BCUT2D eigenvalue weighted by Gasteiger charge is 2.29. The van der Waals surface area contributed by atoms with Gasteiger partial charge >= 0.3 is 5.97 Å². The summed E-state index contributed by atoms with van der Waals surface area (Å²) in [4.78, 5) is 25.7. The zero-order chi connectivity index (χ0) is 17.1. The van der Waals surface area contributed by atoms with Crippen molar-refractivity contribution in [1.82, 2.24) is 10.2 Å². The van der Waals surface area contributed by atoms with E-state index in [4.69, 9.17) is 10.00 Å². The summed E-state index contributed by atoms with van der Waals surface area (Å²) < 4.78 is 5.01. The van der Waals surface area contributed by atoms with Crippen LogP contribution in [-0.4, -0.2) is 43.0 Å². The molecular formula is C17H27N3O3. The van der Waals surface area contributed by atoms with Crippen molar-refractivity contribution in [1.29, 1.82) is 5.26 Å². The first-order valence-electron chi connectivity index (χ1n) is 8.43. The van der Waals surface area contributed by atoms with Crippen LogP contribution in [0.3, 0.4) is 0 Å². The Labute approximate surface area is 138 Å². The highest BCUT2D eigenvalue weighted by molar-refractivity contribution is 5.97. The fraction of sp³-hybridized carbons (Fsp3) is 0.706. The van der Waals surface area contributed by atoms with E-state index in [1.165, 1.54) is 6.20 Å². The van der Waals surface area contributed by atoms with Crippen LogP contribution in [0.5, 0.6) is 0 Å². The smallest absolute Gasteiger partial charge is 0.309 e. The number of likely N-dealkylation sites (tertiary alicyclic amines) is 1. The third kappa shape index (κ3) is 6.31. The molecule has 1 amide bonds. The summed E-state index contributed by atoms with van der Waals surface area (Å²) in [6.07, 6.45) is 5.96. The van der Waals surface area contributed by atoms with Crippen LogP contribution >= 0.6 is 0 Å². The van der Waals surface area contributed by atoms with Crippen molar-refractivity contribution in [3.05, 3.63) is 11.8 Å². The second-order valence-corrected chi connectivity index (χ2v) is 5.65. The zero-order valence-electron chi connectivity index (χ0n) is 14.1. The van der Waals surface area contributed by atoms with Crippen molar-refractivity contribution in [3.8, 4) is 6.07 Å². The maximum absolute atomic E-state index is 12.3. The predicted molar refractivity (Wildman–Crippen MR) is 87.2 cm³/mol. The summed E-state index contributed by atoms with van der Waals surface area (Å²) >= 11 is 0. The van der Waals surface area contributed by atoms with Crippen molar-refractivity contribution < 1.29 is 14.3 Å². The lowest BCUT2D eigenvalue weighted by molar-refractivity contribution is -0.150. The number of esters is 1. The minimum absolute atomic E-state index is 0.121. The average Bonchev–Trinajstić information content (AvgIpc) is 2.58. The summed E-state index contributed by atoms with van der Waals surface area (Å²) in [5.41, 5.74) is 0.121. The van der Waals surface area contributed by atoms with Crippen molar-refractivity contribution in [3.63, 3.8) is 0 Å². The molecule has 0 bridgehead atoms. The topological polar surface area (TPSA) is 82.4 Å². The molecule has 1 N–H and O–H groups in total. The summed E-state index contributed by atoms with van der Waals surface area (Å²) in [5.74, 6) is -0.591. The van der Waals surface area contributed by atoms with Crippen LogP contribution in [0.25, 0.3) is 0 Å². The fourth-order valence-electron chi connectivity index (χ4n) is 2.54. The molecule has 128 valence electrons. The average molecular weight is 321 g/mol. The fourth-order valence-corrected chi connectivity index (χ4v) is 2.54. The molecule has 6 heteroatoms. The van der Waals surface area contributed by atoms with Gasteiger partial charge in [0.25, 0.3) is 5.91 Å². The van der Waals surface area contributed by atoms with Gasteiger partial charge in [0.05, 0.1) is 12.5 Å². The van der Waals surface area contributed by atoms with E-state index < -0.39 is 0 Å². The Morgan fingerprint density at radius 1 is 1.30 bits per heavy atom. The molecular weight excluding hydrogens is 294 g/mol. The van der Waals surface area contributed by atoms with Crippen molar-refractivity contribution in [2.45, 2.75) is 46.0 Å². The number of nitrogens with zero attached hydrogens (tertiary/aromatic N) is 2. The molecule has 1 heterocycles. The van der Waals surface area contributed by atoms with Gasteiger partial charge < -0.3 is 15.0 Å². The third-order valence-corrected chi connectivity index (χ3v) is 3.92. The predicted octanol–water partition coefficient (Wildman–Crippen LogP) is 1.98. The van der Waals surface area contributed by atoms with E-state index in [1.807, 2.05) is 6.07 Å². The molecule has 0 aromatic heterocycles. The highest BCUT2D eigenvalue weighted by Crippen LogP contribution is 2.19. The Morgan fingerprint density at radius 3 is 2.57 bits per heavy atom. The first-order valence-corrected chi connectivity index (χ1v) is 8.43. The molecule has 1 aliphatic rings. The van der Waals surface area contributed by atoms with Gasteiger partial charge in [-0.05, 0) is 26.2 Å². The van der Waals surface area contributed by atoms with E-state index in [9.17, 15) is 9.59 Å². The van der Waals surface area contributed by atoms with Crippen molar-refractivity contribution in [2.75, 3.05) is 26.2 Å². The lowest BCUT2D eigenvalue weighted by atomic mass is 9.96. The van der Waals surface area contributed by atoms with Gasteiger partial charge in [0.1, 0.15) is 11.6 Å². The molecule has 1 fully saturated rings. The van der Waals surface area contributed by atoms with E-state index in [-0.39, 0.29) is 23.4 Å². The maximum atomic E-state index is 12.3. The van der Waals surface area contributed by atoms with E-state index in [2.05, 4.69) is 12.2 Å². The molecule has 23 heavy (non-hydrogen) atoms. The number of nitriles is 1. The van der Waals surface area contributed by atoms with Gasteiger partial charge in [0.2, 0.25) is 0 Å². The van der Waals surface area contributed by atoms with Gasteiger partial charge in [0.15, 0.2) is 0 Å². The minimum Gasteiger partial charge on any atom is -0.466 e. The van der Waals surface area contributed by atoms with Gasteiger partial charge in [-0.2, -0.15) is 5.26 Å². The monoisotopic (exact) mass is 321 g/mol. The van der Waals surface area contributed by atoms with Crippen LogP contribution in [0.2, 0.25) is 0 Å². The Hall–Kier alpha value is -2.03. The van der Waals surface area contributed by atoms with Crippen LogP contribution in [-0.2, 0) is 14.3 Å². The number of carbonyl (C=O) groups excluding carboxylic acids is 2.